The van der Waals surface area contributed by atoms with Crippen LogP contribution >= 0.6 is 0 Å². The quantitative estimate of drug-likeness (QED) is 0.0523. The van der Waals surface area contributed by atoms with Gasteiger partial charge in [0.15, 0.2) is 5.78 Å². The van der Waals surface area contributed by atoms with Crippen molar-refractivity contribution in [2.45, 2.75) is 156 Å². The van der Waals surface area contributed by atoms with Crippen LogP contribution in [0.5, 0.6) is 0 Å². The number of anilines is 2. The maximum atomic E-state index is 14.9. The van der Waals surface area contributed by atoms with Crippen LogP contribution < -0.4 is 16.0 Å². The highest BCUT2D eigenvalue weighted by molar-refractivity contribution is 6.02. The van der Waals surface area contributed by atoms with Crippen molar-refractivity contribution in [3.63, 3.8) is 0 Å². The van der Waals surface area contributed by atoms with Crippen molar-refractivity contribution in [3.05, 3.63) is 71.8 Å². The molecule has 0 bridgehead atoms. The summed E-state index contributed by atoms with van der Waals surface area (Å²) in [5.74, 6) is -6.00. The lowest BCUT2D eigenvalue weighted by Gasteiger charge is -2.41. The van der Waals surface area contributed by atoms with Gasteiger partial charge in [0.1, 0.15) is 26.0 Å². The molecule has 24 heteroatoms. The van der Waals surface area contributed by atoms with Crippen molar-refractivity contribution in [1.29, 1.82) is 0 Å². The number of rotatable bonds is 29. The molecular weight excluding hydrogens is 1100 g/mol. The molecule has 1 unspecified atom stereocenters. The maximum absolute atomic E-state index is 14.9. The second-order valence-electron chi connectivity index (χ2n) is 22.8. The summed E-state index contributed by atoms with van der Waals surface area (Å²) in [6.45, 7) is 14.5. The lowest BCUT2D eigenvalue weighted by molar-refractivity contribution is -0.196. The summed E-state index contributed by atoms with van der Waals surface area (Å²) in [7, 11) is 6.12. The number of hydrogen-bond donors (Lipinski definition) is 4. The third kappa shape index (κ3) is 19.0. The minimum atomic E-state index is -1.02. The Hall–Kier alpha value is -6.99. The standard InChI is InChI=1S/C61H89N7O17/c1-13-38(6)55(49(79-11)31-52(72)67-27-17-22-47(67)57(80-12)39(7)58(75)63-40(8)56(74)42-19-15-14-16-20-42)65(9)59(76)44(36(2)3)30-48(69)54(37(4)5)66(10)61(78)83-33-41-23-24-45(64-60(77)84-43-21-18-28-81-35-82-34-43)46(29-41)62-32-53(73)85-68-50(70)25-26-51(68)71/h14-16,18-21,23-24,29,36-40,43-44,47,49,54-57,62,74H,13,17,22,25-28,30-35H2,1-12H3,(H,63,75)(H,64,77)/b21-18+/t38-,39+,40+,43?,44+,47-,49+,54-,55-,56+,57+/m0/s1. The van der Waals surface area contributed by atoms with Gasteiger partial charge >= 0.3 is 18.2 Å². The van der Waals surface area contributed by atoms with Crippen LogP contribution in [0.15, 0.2) is 60.7 Å². The molecule has 5 rings (SSSR count). The third-order valence-corrected chi connectivity index (χ3v) is 16.0. The number of Topliss-reactive ketones (excluding diaryl/α,β-unsaturated/α-hetero) is 1. The molecule has 3 heterocycles. The van der Waals surface area contributed by atoms with Crippen LogP contribution in [0.2, 0.25) is 0 Å². The normalized spacial score (nSPS) is 19.9. The molecule has 7 amide bonds. The molecule has 3 aliphatic heterocycles. The van der Waals surface area contributed by atoms with E-state index in [9.17, 15) is 48.3 Å². The number of ketones is 1. The highest BCUT2D eigenvalue weighted by atomic mass is 16.7. The van der Waals surface area contributed by atoms with Gasteiger partial charge < -0.3 is 63.7 Å². The molecule has 470 valence electrons. The Morgan fingerprint density at radius 3 is 2.18 bits per heavy atom. The summed E-state index contributed by atoms with van der Waals surface area (Å²) < 4.78 is 33.9. The Balaban J connectivity index is 1.25. The second kappa shape index (κ2) is 33.1. The molecule has 0 aromatic heterocycles. The molecule has 11 atom stereocenters. The average Bonchev–Trinajstić information content (AvgIpc) is 4.29. The molecular formula is C61H89N7O17. The van der Waals surface area contributed by atoms with Crippen LogP contribution in [0, 0.1) is 29.6 Å². The van der Waals surface area contributed by atoms with E-state index < -0.39 is 103 Å². The lowest BCUT2D eigenvalue weighted by atomic mass is 9.83. The van der Waals surface area contributed by atoms with Crippen molar-refractivity contribution < 1.29 is 81.5 Å². The number of amides is 7. The summed E-state index contributed by atoms with van der Waals surface area (Å²) >= 11 is 0. The van der Waals surface area contributed by atoms with Crippen molar-refractivity contribution in [2.75, 3.05) is 72.0 Å². The predicted octanol–water partition coefficient (Wildman–Crippen LogP) is 6.17. The van der Waals surface area contributed by atoms with E-state index in [0.29, 0.717) is 42.0 Å². The van der Waals surface area contributed by atoms with Crippen LogP contribution in [0.25, 0.3) is 0 Å². The van der Waals surface area contributed by atoms with Gasteiger partial charge in [0, 0.05) is 60.0 Å². The van der Waals surface area contributed by atoms with Crippen LogP contribution in [-0.2, 0) is 73.4 Å². The van der Waals surface area contributed by atoms with E-state index in [1.165, 1.54) is 38.3 Å². The van der Waals surface area contributed by atoms with E-state index in [0.717, 1.165) is 0 Å². The van der Waals surface area contributed by atoms with E-state index in [2.05, 4.69) is 16.0 Å². The molecule has 2 fully saturated rings. The predicted molar refractivity (Wildman–Crippen MR) is 312 cm³/mol. The zero-order valence-corrected chi connectivity index (χ0v) is 51.2. The summed E-state index contributed by atoms with van der Waals surface area (Å²) in [6.07, 6.45) is -0.128. The molecule has 2 saturated heterocycles. The van der Waals surface area contributed by atoms with Gasteiger partial charge in [-0.25, -0.2) is 14.4 Å². The zero-order chi connectivity index (χ0) is 62.7. The second-order valence-corrected chi connectivity index (χ2v) is 22.8. The number of carbonyl (C=O) groups excluding carboxylic acids is 9. The van der Waals surface area contributed by atoms with Gasteiger partial charge in [-0.15, -0.1) is 5.06 Å². The van der Waals surface area contributed by atoms with Crippen LogP contribution in [0.3, 0.4) is 0 Å². The lowest BCUT2D eigenvalue weighted by Crippen LogP contribution is -2.55. The Morgan fingerprint density at radius 2 is 1.54 bits per heavy atom. The minimum absolute atomic E-state index is 0.00993. The summed E-state index contributed by atoms with van der Waals surface area (Å²) in [5, 5.41) is 19.8. The Labute approximate surface area is 498 Å². The molecule has 2 aromatic rings. The maximum Gasteiger partial charge on any atom is 0.412 e. The SMILES string of the molecule is CC[C@H](C)[C@@H]([C@@H](CC(=O)N1CCC[C@H]1[C@H](OC)[C@@H](C)C(=O)N[C@H](C)[C@@H](O)c1ccccc1)OC)N(C)C(=O)[C@H](CC(=O)[C@H](C(C)C)N(C)C(=O)OCc1ccc(NC(=O)OC2/C=C/COCOC2)c(NCC(=O)ON2C(=O)CCC2=O)c1)C(C)C. The number of methoxy groups -OCH3 is 2. The Kier molecular flexibility index (Phi) is 26.8. The summed E-state index contributed by atoms with van der Waals surface area (Å²) in [5.41, 5.74) is 1.33. The number of benzene rings is 2. The first-order valence-electron chi connectivity index (χ1n) is 29.2. The van der Waals surface area contributed by atoms with E-state index in [1.54, 1.807) is 74.9 Å². The van der Waals surface area contributed by atoms with Gasteiger partial charge in [0.05, 0.1) is 79.4 Å². The highest BCUT2D eigenvalue weighted by Gasteiger charge is 2.44. The van der Waals surface area contributed by atoms with E-state index in [1.807, 2.05) is 45.9 Å². The molecule has 24 nitrogen and oxygen atoms in total. The monoisotopic (exact) mass is 1190 g/mol. The molecule has 0 spiro atoms. The number of aliphatic hydroxyl groups is 1. The Morgan fingerprint density at radius 1 is 0.847 bits per heavy atom. The minimum Gasteiger partial charge on any atom is -0.445 e. The number of nitrogens with one attached hydrogen (secondary N) is 3. The Bertz CT molecular complexity index is 2620. The third-order valence-electron chi connectivity index (χ3n) is 16.0. The smallest absolute Gasteiger partial charge is 0.412 e. The first-order valence-corrected chi connectivity index (χ1v) is 29.2. The summed E-state index contributed by atoms with van der Waals surface area (Å²) in [6, 6.07) is 10.9. The number of carbonyl (C=O) groups is 9. The molecule has 0 aliphatic carbocycles. The van der Waals surface area contributed by atoms with Crippen LogP contribution in [-0.4, -0.2) is 182 Å². The molecule has 0 radical (unpaired) electrons. The topological polar surface area (TPSA) is 288 Å². The van der Waals surface area contributed by atoms with Crippen LogP contribution in [0.1, 0.15) is 118 Å². The summed E-state index contributed by atoms with van der Waals surface area (Å²) in [4.78, 5) is 131. The zero-order valence-electron chi connectivity index (χ0n) is 51.2. The largest absolute Gasteiger partial charge is 0.445 e. The fraction of sp³-hybridized carbons (Fsp3) is 0.623. The van der Waals surface area contributed by atoms with Gasteiger partial charge in [-0.1, -0.05) is 97.4 Å². The first kappa shape index (κ1) is 68.8. The fourth-order valence-corrected chi connectivity index (χ4v) is 11.1. The number of hydrogen-bond acceptors (Lipinski definition) is 18. The fourth-order valence-electron chi connectivity index (χ4n) is 11.1. The molecule has 4 N–H and O–H groups in total. The average molecular weight is 1190 g/mol. The number of nitrogens with zero attached hydrogens (tertiary/aromatic N) is 4. The molecule has 0 saturated carbocycles. The first-order chi connectivity index (χ1) is 40.4. The van der Waals surface area contributed by atoms with Crippen LogP contribution in [0.4, 0.5) is 21.0 Å². The number of imide groups is 1. The van der Waals surface area contributed by atoms with Crippen molar-refractivity contribution in [2.24, 2.45) is 29.6 Å². The number of ether oxygens (including phenoxy) is 6. The number of likely N-dealkylation sites (N-methyl/N-ethyl adjacent to an activating group) is 2. The van der Waals surface area contributed by atoms with Crippen molar-refractivity contribution in [3.8, 4) is 0 Å². The molecule has 2 aromatic carbocycles. The van der Waals surface area contributed by atoms with Gasteiger partial charge in [-0.2, -0.15) is 0 Å². The van der Waals surface area contributed by atoms with Gasteiger partial charge in [0.25, 0.3) is 11.8 Å². The van der Waals surface area contributed by atoms with Gasteiger partial charge in [-0.3, -0.25) is 34.1 Å². The number of hydroxylamine groups is 2. The molecule has 85 heavy (non-hydrogen) atoms. The van der Waals surface area contributed by atoms with Crippen molar-refractivity contribution >= 4 is 64.8 Å². The van der Waals surface area contributed by atoms with Gasteiger partial charge in [-0.05, 0) is 66.9 Å². The van der Waals surface area contributed by atoms with Crippen molar-refractivity contribution in [1.82, 2.24) is 25.1 Å². The van der Waals surface area contributed by atoms with E-state index >= 15 is 0 Å². The molecule has 3 aliphatic rings. The number of likely N-dealkylation sites (tertiary alicyclic amines) is 1. The van der Waals surface area contributed by atoms with E-state index in [4.69, 9.17) is 33.3 Å². The number of aliphatic hydroxyl groups excluding tert-OH is 1. The van der Waals surface area contributed by atoms with Gasteiger partial charge in [0.2, 0.25) is 17.7 Å². The highest BCUT2D eigenvalue weighted by Crippen LogP contribution is 2.32. The van der Waals surface area contributed by atoms with E-state index in [-0.39, 0.29) is 99.0 Å².